The zero-order chi connectivity index (χ0) is 25.0. The number of nitrogens with one attached hydrogen (secondary N) is 1. The van der Waals surface area contributed by atoms with Crippen molar-refractivity contribution in [2.45, 2.75) is 45.4 Å². The average Bonchev–Trinajstić information content (AvgIpc) is 2.85. The van der Waals surface area contributed by atoms with Gasteiger partial charge in [-0.05, 0) is 49.2 Å². The standard InChI is InChI=1S/C30H35NO4/c1-20(2)31-18-23(32)19-34-24-13-11-21(12-14-24)28-26-16-15-25(33-5)17-27(26)35-30(3,4)29(28)22-9-7-6-8-10-22/h6-17,20,23,31-32H,18-19H2,1-5H3. The molecule has 0 saturated carbocycles. The van der Waals surface area contributed by atoms with Gasteiger partial charge in [-0.3, -0.25) is 0 Å². The molecule has 3 aromatic carbocycles. The Balaban J connectivity index is 1.71. The van der Waals surface area contributed by atoms with Crippen LogP contribution in [0.2, 0.25) is 0 Å². The van der Waals surface area contributed by atoms with Crippen LogP contribution in [0.25, 0.3) is 11.1 Å². The fraction of sp³-hybridized carbons (Fsp3) is 0.333. The van der Waals surface area contributed by atoms with Crippen LogP contribution in [0.4, 0.5) is 0 Å². The summed E-state index contributed by atoms with van der Waals surface area (Å²) in [5.74, 6) is 2.28. The number of hydrogen-bond donors (Lipinski definition) is 2. The van der Waals surface area contributed by atoms with Crippen LogP contribution < -0.4 is 19.5 Å². The Morgan fingerprint density at radius 3 is 2.26 bits per heavy atom. The van der Waals surface area contributed by atoms with Gasteiger partial charge in [0, 0.05) is 35.4 Å². The first-order valence-corrected chi connectivity index (χ1v) is 12.1. The second-order valence-electron chi connectivity index (χ2n) is 9.64. The van der Waals surface area contributed by atoms with Crippen molar-refractivity contribution in [1.29, 1.82) is 0 Å². The molecule has 35 heavy (non-hydrogen) atoms. The molecule has 1 atom stereocenters. The molecule has 0 saturated heterocycles. The molecule has 0 fully saturated rings. The highest BCUT2D eigenvalue weighted by Crippen LogP contribution is 2.48. The van der Waals surface area contributed by atoms with Gasteiger partial charge in [-0.15, -0.1) is 0 Å². The predicted molar refractivity (Wildman–Crippen MR) is 141 cm³/mol. The van der Waals surface area contributed by atoms with Crippen LogP contribution in [0, 0.1) is 0 Å². The first-order valence-electron chi connectivity index (χ1n) is 12.1. The molecule has 1 aliphatic heterocycles. The molecule has 1 aliphatic rings. The average molecular weight is 474 g/mol. The van der Waals surface area contributed by atoms with Crippen LogP contribution >= 0.6 is 0 Å². The molecule has 1 heterocycles. The van der Waals surface area contributed by atoms with E-state index in [2.05, 4.69) is 75.5 Å². The topological polar surface area (TPSA) is 60.0 Å². The van der Waals surface area contributed by atoms with Gasteiger partial charge in [-0.25, -0.2) is 0 Å². The van der Waals surface area contributed by atoms with Crippen molar-refractivity contribution in [1.82, 2.24) is 5.32 Å². The van der Waals surface area contributed by atoms with Gasteiger partial charge >= 0.3 is 0 Å². The number of hydrogen-bond acceptors (Lipinski definition) is 5. The van der Waals surface area contributed by atoms with Crippen molar-refractivity contribution < 1.29 is 19.3 Å². The highest BCUT2D eigenvalue weighted by Gasteiger charge is 2.36. The molecular formula is C30H35NO4. The quantitative estimate of drug-likeness (QED) is 0.426. The summed E-state index contributed by atoms with van der Waals surface area (Å²) in [6, 6.07) is 24.7. The van der Waals surface area contributed by atoms with E-state index in [4.69, 9.17) is 14.2 Å². The van der Waals surface area contributed by atoms with Gasteiger partial charge in [0.2, 0.25) is 0 Å². The number of aliphatic hydroxyl groups is 1. The predicted octanol–water partition coefficient (Wildman–Crippen LogP) is 5.56. The van der Waals surface area contributed by atoms with Crippen molar-refractivity contribution in [2.75, 3.05) is 20.3 Å². The Hall–Kier alpha value is -3.28. The lowest BCUT2D eigenvalue weighted by molar-refractivity contribution is 0.104. The Bertz CT molecular complexity index is 1170. The molecule has 0 aromatic heterocycles. The number of ether oxygens (including phenoxy) is 3. The second-order valence-corrected chi connectivity index (χ2v) is 9.64. The summed E-state index contributed by atoms with van der Waals surface area (Å²) in [6.45, 7) is 9.04. The molecule has 0 radical (unpaired) electrons. The van der Waals surface area contributed by atoms with Gasteiger partial charge in [0.15, 0.2) is 0 Å². The second kappa shape index (κ2) is 10.5. The lowest BCUT2D eigenvalue weighted by atomic mass is 9.79. The zero-order valence-corrected chi connectivity index (χ0v) is 21.2. The third kappa shape index (κ3) is 5.69. The summed E-state index contributed by atoms with van der Waals surface area (Å²) in [5.41, 5.74) is 4.90. The van der Waals surface area contributed by atoms with Crippen molar-refractivity contribution in [2.24, 2.45) is 0 Å². The molecule has 0 spiro atoms. The highest BCUT2D eigenvalue weighted by atomic mass is 16.5. The molecule has 5 heteroatoms. The number of fused-ring (bicyclic) bond motifs is 1. The largest absolute Gasteiger partial charge is 0.497 e. The summed E-state index contributed by atoms with van der Waals surface area (Å²) in [5, 5.41) is 13.4. The number of rotatable bonds is 9. The van der Waals surface area contributed by atoms with E-state index in [1.165, 1.54) is 0 Å². The SMILES string of the molecule is COc1ccc2c(c1)OC(C)(C)C(c1ccccc1)=C2c1ccc(OCC(O)CNC(C)C)cc1. The minimum absolute atomic E-state index is 0.237. The third-order valence-corrected chi connectivity index (χ3v) is 6.08. The van der Waals surface area contributed by atoms with E-state index in [1.54, 1.807) is 7.11 Å². The monoisotopic (exact) mass is 473 g/mol. The number of benzene rings is 3. The van der Waals surface area contributed by atoms with Crippen LogP contribution in [0.5, 0.6) is 17.2 Å². The van der Waals surface area contributed by atoms with E-state index < -0.39 is 11.7 Å². The van der Waals surface area contributed by atoms with E-state index in [1.807, 2.05) is 30.3 Å². The van der Waals surface area contributed by atoms with Crippen LogP contribution in [-0.2, 0) is 0 Å². The van der Waals surface area contributed by atoms with Crippen LogP contribution in [-0.4, -0.2) is 43.1 Å². The maximum Gasteiger partial charge on any atom is 0.132 e. The van der Waals surface area contributed by atoms with Gasteiger partial charge in [0.05, 0.1) is 7.11 Å². The number of aliphatic hydroxyl groups excluding tert-OH is 1. The summed E-state index contributed by atoms with van der Waals surface area (Å²) in [6.07, 6.45) is -0.567. The van der Waals surface area contributed by atoms with Crippen molar-refractivity contribution in [3.63, 3.8) is 0 Å². The highest BCUT2D eigenvalue weighted by molar-refractivity contribution is 6.04. The van der Waals surface area contributed by atoms with Gasteiger partial charge in [0.1, 0.15) is 35.6 Å². The molecule has 0 aliphatic carbocycles. The molecule has 2 N–H and O–H groups in total. The Labute approximate surface area is 208 Å². The Morgan fingerprint density at radius 1 is 0.914 bits per heavy atom. The maximum atomic E-state index is 10.2. The first-order chi connectivity index (χ1) is 16.8. The third-order valence-electron chi connectivity index (χ3n) is 6.08. The summed E-state index contributed by atoms with van der Waals surface area (Å²) >= 11 is 0. The molecule has 184 valence electrons. The fourth-order valence-corrected chi connectivity index (χ4v) is 4.42. The van der Waals surface area contributed by atoms with Crippen molar-refractivity contribution in [3.8, 4) is 17.2 Å². The van der Waals surface area contributed by atoms with E-state index >= 15 is 0 Å². The smallest absolute Gasteiger partial charge is 0.132 e. The van der Waals surface area contributed by atoms with Crippen LogP contribution in [0.15, 0.2) is 72.8 Å². The first kappa shape index (κ1) is 24.8. The molecule has 0 bridgehead atoms. The van der Waals surface area contributed by atoms with E-state index in [9.17, 15) is 5.11 Å². The minimum Gasteiger partial charge on any atom is -0.497 e. The fourth-order valence-electron chi connectivity index (χ4n) is 4.42. The zero-order valence-electron chi connectivity index (χ0n) is 21.2. The molecule has 1 unspecified atom stereocenters. The van der Waals surface area contributed by atoms with Crippen LogP contribution in [0.1, 0.15) is 44.4 Å². The summed E-state index contributed by atoms with van der Waals surface area (Å²) in [4.78, 5) is 0. The van der Waals surface area contributed by atoms with E-state index in [-0.39, 0.29) is 6.61 Å². The van der Waals surface area contributed by atoms with Gasteiger partial charge in [-0.1, -0.05) is 56.3 Å². The summed E-state index contributed by atoms with van der Waals surface area (Å²) < 4.78 is 17.8. The van der Waals surface area contributed by atoms with Crippen molar-refractivity contribution in [3.05, 3.63) is 89.5 Å². The molecule has 3 aromatic rings. The van der Waals surface area contributed by atoms with Gasteiger partial charge in [-0.2, -0.15) is 0 Å². The Kier molecular flexibility index (Phi) is 7.48. The van der Waals surface area contributed by atoms with Crippen LogP contribution in [0.3, 0.4) is 0 Å². The minimum atomic E-state index is -0.567. The molecule has 0 amide bonds. The lowest BCUT2D eigenvalue weighted by Crippen LogP contribution is -2.35. The van der Waals surface area contributed by atoms with Crippen molar-refractivity contribution >= 4 is 11.1 Å². The van der Waals surface area contributed by atoms with E-state index in [0.29, 0.717) is 12.6 Å². The summed E-state index contributed by atoms with van der Waals surface area (Å²) in [7, 11) is 1.66. The maximum absolute atomic E-state index is 10.2. The molecular weight excluding hydrogens is 438 g/mol. The Morgan fingerprint density at radius 2 is 1.60 bits per heavy atom. The number of methoxy groups -OCH3 is 1. The lowest BCUT2D eigenvalue weighted by Gasteiger charge is -2.38. The normalized spacial score (nSPS) is 15.4. The van der Waals surface area contributed by atoms with E-state index in [0.717, 1.165) is 45.1 Å². The van der Waals surface area contributed by atoms with Gasteiger partial charge in [0.25, 0.3) is 0 Å². The van der Waals surface area contributed by atoms with Gasteiger partial charge < -0.3 is 24.6 Å². The molecule has 5 nitrogen and oxygen atoms in total. The molecule has 4 rings (SSSR count).